The molecule has 1 rings (SSSR count). The van der Waals surface area contributed by atoms with Crippen molar-refractivity contribution in [3.63, 3.8) is 0 Å². The number of phenols is 1. The fourth-order valence-corrected chi connectivity index (χ4v) is 2.20. The van der Waals surface area contributed by atoms with Crippen LogP contribution >= 0.6 is 47.8 Å². The quantitative estimate of drug-likeness (QED) is 0.759. The van der Waals surface area contributed by atoms with Gasteiger partial charge in [-0.1, -0.05) is 0 Å². The molecule has 0 bridgehead atoms. The molecule has 82 valence electrons. The third-order valence-electron chi connectivity index (χ3n) is 1.45. The molecule has 2 N–H and O–H groups in total. The molecule has 0 heterocycles. The zero-order valence-electron chi connectivity index (χ0n) is 7.13. The molecule has 0 aliphatic rings. The Bertz CT molecular complexity index is 405. The molecular weight excluding hydrogens is 400 g/mol. The minimum atomic E-state index is -1.11. The van der Waals surface area contributed by atoms with Gasteiger partial charge in [0, 0.05) is 8.95 Å². The average molecular weight is 405 g/mol. The molecule has 0 fully saturated rings. The van der Waals surface area contributed by atoms with Crippen molar-refractivity contribution in [3.05, 3.63) is 19.5 Å². The molecule has 4 nitrogen and oxygen atoms in total. The maximum Gasteiger partial charge on any atom is 0.341 e. The van der Waals surface area contributed by atoms with E-state index in [1.54, 1.807) is 0 Å². The molecule has 0 amide bonds. The van der Waals surface area contributed by atoms with Gasteiger partial charge in [-0.25, -0.2) is 4.79 Å². The number of hydrogen-bond donors (Lipinski definition) is 2. The van der Waals surface area contributed by atoms with E-state index in [0.717, 1.165) is 0 Å². The van der Waals surface area contributed by atoms with Gasteiger partial charge in [-0.3, -0.25) is 0 Å². The van der Waals surface area contributed by atoms with Crippen molar-refractivity contribution >= 4 is 53.8 Å². The van der Waals surface area contributed by atoms with Crippen LogP contribution in [0.2, 0.25) is 0 Å². The second kappa shape index (κ2) is 5.18. The number of carbonyl (C=O) groups is 1. The summed E-state index contributed by atoms with van der Waals surface area (Å²) in [4.78, 5) is 10.3. The van der Waals surface area contributed by atoms with Crippen molar-refractivity contribution in [1.29, 1.82) is 0 Å². The van der Waals surface area contributed by atoms with Crippen LogP contribution in [-0.2, 0) is 4.79 Å². The number of hydrogen-bond acceptors (Lipinski definition) is 3. The maximum atomic E-state index is 10.3. The molecule has 0 aliphatic carbocycles. The highest BCUT2D eigenvalue weighted by atomic mass is 79.9. The van der Waals surface area contributed by atoms with E-state index in [-0.39, 0.29) is 11.5 Å². The average Bonchev–Trinajstić information content (AvgIpc) is 2.18. The van der Waals surface area contributed by atoms with Crippen molar-refractivity contribution in [2.75, 3.05) is 6.61 Å². The van der Waals surface area contributed by atoms with Gasteiger partial charge in [0.25, 0.3) is 0 Å². The zero-order chi connectivity index (χ0) is 11.6. The lowest BCUT2D eigenvalue weighted by Gasteiger charge is -2.09. The Kier molecular flexibility index (Phi) is 4.42. The number of aromatic hydroxyl groups is 1. The van der Waals surface area contributed by atoms with Crippen molar-refractivity contribution in [2.45, 2.75) is 0 Å². The van der Waals surface area contributed by atoms with Crippen LogP contribution in [0, 0.1) is 0 Å². The summed E-state index contributed by atoms with van der Waals surface area (Å²) in [5.74, 6) is -1.16. The van der Waals surface area contributed by atoms with Crippen molar-refractivity contribution < 1.29 is 19.7 Å². The SMILES string of the molecule is O=C(O)COc1cc(Br)c(Br)c(Br)c1O. The number of ether oxygens (including phenoxy) is 1. The van der Waals surface area contributed by atoms with Crippen LogP contribution in [0.5, 0.6) is 11.5 Å². The molecule has 0 aliphatic heterocycles. The topological polar surface area (TPSA) is 66.8 Å². The number of aliphatic carboxylic acids is 1. The van der Waals surface area contributed by atoms with Gasteiger partial charge in [-0.2, -0.15) is 0 Å². The summed E-state index contributed by atoms with van der Waals surface area (Å²) in [6.45, 7) is -0.506. The van der Waals surface area contributed by atoms with Crippen molar-refractivity contribution in [1.82, 2.24) is 0 Å². The lowest BCUT2D eigenvalue weighted by molar-refractivity contribution is -0.139. The zero-order valence-corrected chi connectivity index (χ0v) is 11.9. The van der Waals surface area contributed by atoms with E-state index in [9.17, 15) is 9.90 Å². The van der Waals surface area contributed by atoms with Crippen LogP contribution < -0.4 is 4.74 Å². The standard InChI is InChI=1S/C8H5Br3O4/c9-3-1-4(15-2-5(12)13)8(14)7(11)6(3)10/h1,14H,2H2,(H,12,13). The van der Waals surface area contributed by atoms with E-state index in [4.69, 9.17) is 9.84 Å². The van der Waals surface area contributed by atoms with Crippen molar-refractivity contribution in [3.8, 4) is 11.5 Å². The third kappa shape index (κ3) is 3.09. The first-order chi connectivity index (χ1) is 6.93. The Morgan fingerprint density at radius 3 is 2.47 bits per heavy atom. The molecule has 0 saturated heterocycles. The summed E-state index contributed by atoms with van der Waals surface area (Å²) >= 11 is 9.57. The largest absolute Gasteiger partial charge is 0.503 e. The summed E-state index contributed by atoms with van der Waals surface area (Å²) in [5, 5.41) is 18.0. The summed E-state index contributed by atoms with van der Waals surface area (Å²) < 4.78 is 6.56. The van der Waals surface area contributed by atoms with Gasteiger partial charge in [-0.15, -0.1) is 0 Å². The van der Waals surface area contributed by atoms with Crippen LogP contribution in [0.15, 0.2) is 19.5 Å². The van der Waals surface area contributed by atoms with Gasteiger partial charge in [0.05, 0.1) is 4.47 Å². The third-order valence-corrected chi connectivity index (χ3v) is 4.74. The summed E-state index contributed by atoms with van der Waals surface area (Å²) in [5.41, 5.74) is 0. The molecule has 0 aromatic heterocycles. The van der Waals surface area contributed by atoms with Gasteiger partial charge in [0.1, 0.15) is 0 Å². The van der Waals surface area contributed by atoms with Crippen LogP contribution in [0.3, 0.4) is 0 Å². The smallest absolute Gasteiger partial charge is 0.341 e. The van der Waals surface area contributed by atoms with Crippen LogP contribution in [0.4, 0.5) is 0 Å². The van der Waals surface area contributed by atoms with E-state index >= 15 is 0 Å². The monoisotopic (exact) mass is 402 g/mol. The molecule has 0 unspecified atom stereocenters. The van der Waals surface area contributed by atoms with Gasteiger partial charge in [0.2, 0.25) is 0 Å². The molecule has 0 atom stereocenters. The fourth-order valence-electron chi connectivity index (χ4n) is 0.813. The van der Waals surface area contributed by atoms with E-state index in [2.05, 4.69) is 47.8 Å². The molecule has 7 heteroatoms. The first kappa shape index (κ1) is 12.8. The second-order valence-electron chi connectivity index (χ2n) is 2.52. The number of rotatable bonds is 3. The highest BCUT2D eigenvalue weighted by molar-refractivity contribution is 9.14. The first-order valence-electron chi connectivity index (χ1n) is 3.64. The van der Waals surface area contributed by atoms with E-state index in [1.807, 2.05) is 0 Å². The molecule has 15 heavy (non-hydrogen) atoms. The molecular formula is C8H5Br3O4. The Morgan fingerprint density at radius 2 is 1.93 bits per heavy atom. The van der Waals surface area contributed by atoms with E-state index in [0.29, 0.717) is 13.4 Å². The Balaban J connectivity index is 3.04. The van der Waals surface area contributed by atoms with Gasteiger partial charge >= 0.3 is 5.97 Å². The van der Waals surface area contributed by atoms with Crippen LogP contribution in [0.25, 0.3) is 0 Å². The molecule has 0 radical (unpaired) electrons. The molecule has 1 aromatic rings. The maximum absolute atomic E-state index is 10.3. The predicted molar refractivity (Wildman–Crippen MR) is 64.3 cm³/mol. The van der Waals surface area contributed by atoms with E-state index in [1.165, 1.54) is 6.07 Å². The predicted octanol–water partition coefficient (Wildman–Crippen LogP) is 3.14. The number of carboxylic acid groups (broad SMARTS) is 1. The normalized spacial score (nSPS) is 10.1. The second-order valence-corrected chi connectivity index (χ2v) is 4.96. The Hall–Kier alpha value is -0.270. The highest BCUT2D eigenvalue weighted by Crippen LogP contribution is 2.43. The molecule has 0 saturated carbocycles. The van der Waals surface area contributed by atoms with E-state index < -0.39 is 12.6 Å². The van der Waals surface area contributed by atoms with Gasteiger partial charge in [-0.05, 0) is 53.9 Å². The number of phenolic OH excluding ortho intramolecular Hbond substituents is 1. The minimum Gasteiger partial charge on any atom is -0.503 e. The molecule has 0 spiro atoms. The first-order valence-corrected chi connectivity index (χ1v) is 6.02. The lowest BCUT2D eigenvalue weighted by atomic mass is 10.3. The van der Waals surface area contributed by atoms with Gasteiger partial charge in [0.15, 0.2) is 18.1 Å². The summed E-state index contributed by atoms with van der Waals surface area (Å²) in [7, 11) is 0. The number of halogens is 3. The lowest BCUT2D eigenvalue weighted by Crippen LogP contribution is -2.09. The highest BCUT2D eigenvalue weighted by Gasteiger charge is 2.14. The fraction of sp³-hybridized carbons (Fsp3) is 0.125. The Labute approximate surface area is 111 Å². The molecule has 1 aromatic carbocycles. The summed E-state index contributed by atoms with van der Waals surface area (Å²) in [6.07, 6.45) is 0. The Morgan fingerprint density at radius 1 is 1.33 bits per heavy atom. The number of benzene rings is 1. The van der Waals surface area contributed by atoms with Gasteiger partial charge < -0.3 is 14.9 Å². The van der Waals surface area contributed by atoms with Crippen LogP contribution in [-0.4, -0.2) is 22.8 Å². The minimum absolute atomic E-state index is 0.0966. The van der Waals surface area contributed by atoms with Crippen LogP contribution in [0.1, 0.15) is 0 Å². The summed E-state index contributed by atoms with van der Waals surface area (Å²) in [6, 6.07) is 1.48. The number of carboxylic acids is 1. The van der Waals surface area contributed by atoms with Crippen molar-refractivity contribution in [2.24, 2.45) is 0 Å².